The molecule has 5 heteroatoms. The van der Waals surface area contributed by atoms with Crippen LogP contribution in [0.1, 0.15) is 21.5 Å². The number of aromatic nitrogens is 2. The molecule has 1 heterocycles. The number of hydrogen-bond acceptors (Lipinski definition) is 2. The van der Waals surface area contributed by atoms with Crippen LogP contribution in [0.5, 0.6) is 0 Å². The lowest BCUT2D eigenvalue weighted by Crippen LogP contribution is -2.13. The van der Waals surface area contributed by atoms with Crippen LogP contribution in [0.15, 0.2) is 60.8 Å². The molecule has 1 N–H and O–H groups in total. The van der Waals surface area contributed by atoms with Gasteiger partial charge in [-0.05, 0) is 24.6 Å². The lowest BCUT2D eigenvalue weighted by atomic mass is 10.1. The summed E-state index contributed by atoms with van der Waals surface area (Å²) in [5.41, 5.74) is 2.81. The number of halogens is 1. The summed E-state index contributed by atoms with van der Waals surface area (Å²) in [6.45, 7) is 2.71. The molecule has 2 aromatic carbocycles. The predicted octanol–water partition coefficient (Wildman–Crippen LogP) is 4.15. The Morgan fingerprint density at radius 3 is 2.61 bits per heavy atom. The molecule has 0 fully saturated rings. The zero-order valence-corrected chi connectivity index (χ0v) is 13.4. The van der Waals surface area contributed by atoms with Crippen molar-refractivity contribution < 1.29 is 4.79 Å². The molecule has 0 saturated carbocycles. The van der Waals surface area contributed by atoms with Gasteiger partial charge in [0.05, 0.1) is 17.1 Å². The number of rotatable bonds is 4. The van der Waals surface area contributed by atoms with Crippen molar-refractivity contribution >= 4 is 23.3 Å². The Hall–Kier alpha value is -2.59. The van der Waals surface area contributed by atoms with Crippen molar-refractivity contribution in [3.05, 3.63) is 82.5 Å². The highest BCUT2D eigenvalue weighted by molar-refractivity contribution is 6.34. The highest BCUT2D eigenvalue weighted by atomic mass is 35.5. The lowest BCUT2D eigenvalue weighted by Gasteiger charge is -2.04. The number of nitrogens with zero attached hydrogens (tertiary/aromatic N) is 2. The Morgan fingerprint density at radius 1 is 1.13 bits per heavy atom. The largest absolute Gasteiger partial charge is 0.305 e. The van der Waals surface area contributed by atoms with Gasteiger partial charge >= 0.3 is 0 Å². The van der Waals surface area contributed by atoms with Crippen molar-refractivity contribution in [1.29, 1.82) is 0 Å². The summed E-state index contributed by atoms with van der Waals surface area (Å²) < 4.78 is 1.78. The number of amides is 1. The maximum Gasteiger partial charge on any atom is 0.258 e. The fourth-order valence-electron chi connectivity index (χ4n) is 2.23. The number of aryl methyl sites for hydroxylation is 1. The van der Waals surface area contributed by atoms with Crippen molar-refractivity contribution in [3.63, 3.8) is 0 Å². The van der Waals surface area contributed by atoms with Gasteiger partial charge in [-0.3, -0.25) is 9.48 Å². The zero-order chi connectivity index (χ0) is 16.2. The molecule has 1 aromatic heterocycles. The Labute approximate surface area is 139 Å². The topological polar surface area (TPSA) is 46.9 Å². The molecule has 0 aliphatic heterocycles. The molecule has 4 nitrogen and oxygen atoms in total. The van der Waals surface area contributed by atoms with E-state index in [0.29, 0.717) is 22.9 Å². The van der Waals surface area contributed by atoms with Gasteiger partial charge in [0.1, 0.15) is 0 Å². The average Bonchev–Trinajstić information content (AvgIpc) is 2.97. The summed E-state index contributed by atoms with van der Waals surface area (Å²) in [4.78, 5) is 12.2. The van der Waals surface area contributed by atoms with Gasteiger partial charge < -0.3 is 5.32 Å². The minimum Gasteiger partial charge on any atom is -0.305 e. The van der Waals surface area contributed by atoms with Crippen LogP contribution in [-0.4, -0.2) is 15.7 Å². The quantitative estimate of drug-likeness (QED) is 0.783. The summed E-state index contributed by atoms with van der Waals surface area (Å²) in [5.74, 6) is 0.234. The molecular weight excluding hydrogens is 310 g/mol. The number of carbonyl (C=O) groups excluding carboxylic acids is 1. The first-order valence-corrected chi connectivity index (χ1v) is 7.64. The first-order valence-electron chi connectivity index (χ1n) is 7.27. The van der Waals surface area contributed by atoms with Crippen LogP contribution in [0.2, 0.25) is 5.02 Å². The Bertz CT molecular complexity index is 824. The van der Waals surface area contributed by atoms with Crippen LogP contribution in [-0.2, 0) is 6.54 Å². The number of carbonyl (C=O) groups is 1. The maximum atomic E-state index is 12.2. The van der Waals surface area contributed by atoms with Gasteiger partial charge in [0, 0.05) is 12.3 Å². The van der Waals surface area contributed by atoms with Gasteiger partial charge in [-0.15, -0.1) is 0 Å². The summed E-state index contributed by atoms with van der Waals surface area (Å²) in [6.07, 6.45) is 1.84. The number of hydrogen-bond donors (Lipinski definition) is 1. The molecule has 0 aliphatic carbocycles. The molecular formula is C18H16ClN3O. The molecule has 0 aliphatic rings. The second-order valence-electron chi connectivity index (χ2n) is 5.32. The smallest absolute Gasteiger partial charge is 0.258 e. The molecule has 116 valence electrons. The first-order chi connectivity index (χ1) is 11.1. The number of benzene rings is 2. The van der Waals surface area contributed by atoms with E-state index in [2.05, 4.69) is 41.6 Å². The van der Waals surface area contributed by atoms with E-state index < -0.39 is 0 Å². The number of nitrogens with one attached hydrogen (secondary N) is 1. The Morgan fingerprint density at radius 2 is 1.87 bits per heavy atom. The fourth-order valence-corrected chi connectivity index (χ4v) is 2.45. The molecule has 1 amide bonds. The van der Waals surface area contributed by atoms with Crippen LogP contribution in [0.25, 0.3) is 0 Å². The van der Waals surface area contributed by atoms with Crippen molar-refractivity contribution in [2.45, 2.75) is 13.5 Å². The Balaban J connectivity index is 1.69. The molecule has 3 rings (SSSR count). The molecule has 0 atom stereocenters. The van der Waals surface area contributed by atoms with Crippen molar-refractivity contribution in [2.24, 2.45) is 0 Å². The first kappa shape index (κ1) is 15.3. The van der Waals surface area contributed by atoms with Crippen LogP contribution in [0.4, 0.5) is 5.82 Å². The molecule has 0 unspecified atom stereocenters. The van der Waals surface area contributed by atoms with E-state index in [0.717, 1.165) is 5.56 Å². The third-order valence-corrected chi connectivity index (χ3v) is 3.80. The van der Waals surface area contributed by atoms with Crippen molar-refractivity contribution in [2.75, 3.05) is 5.32 Å². The highest BCUT2D eigenvalue weighted by Gasteiger charge is 2.11. The molecule has 0 saturated heterocycles. The minimum absolute atomic E-state index is 0.267. The van der Waals surface area contributed by atoms with E-state index in [-0.39, 0.29) is 5.91 Å². The van der Waals surface area contributed by atoms with Crippen molar-refractivity contribution in [3.8, 4) is 0 Å². The molecule has 0 spiro atoms. The van der Waals surface area contributed by atoms with E-state index in [4.69, 9.17) is 11.6 Å². The fraction of sp³-hybridized carbons (Fsp3) is 0.111. The van der Waals surface area contributed by atoms with Crippen LogP contribution in [0.3, 0.4) is 0 Å². The molecule has 3 aromatic rings. The SMILES string of the molecule is Cc1ccc(Cn2ccc(NC(=O)c3ccccc3Cl)n2)cc1. The van der Waals surface area contributed by atoms with Gasteiger partial charge in [0.2, 0.25) is 0 Å². The zero-order valence-electron chi connectivity index (χ0n) is 12.7. The monoisotopic (exact) mass is 325 g/mol. The van der Waals surface area contributed by atoms with Crippen LogP contribution in [0, 0.1) is 6.92 Å². The van der Waals surface area contributed by atoms with Crippen molar-refractivity contribution in [1.82, 2.24) is 9.78 Å². The summed E-state index contributed by atoms with van der Waals surface area (Å²) in [7, 11) is 0. The Kier molecular flexibility index (Phi) is 4.44. The van der Waals surface area contributed by atoms with Gasteiger partial charge in [-0.25, -0.2) is 0 Å². The van der Waals surface area contributed by atoms with Gasteiger partial charge in [-0.2, -0.15) is 5.10 Å². The molecule has 0 bridgehead atoms. The minimum atomic E-state index is -0.267. The van der Waals surface area contributed by atoms with Crippen LogP contribution < -0.4 is 5.32 Å². The van der Waals surface area contributed by atoms with E-state index in [9.17, 15) is 4.79 Å². The summed E-state index contributed by atoms with van der Waals surface area (Å²) in [6, 6.07) is 17.0. The number of anilines is 1. The third-order valence-electron chi connectivity index (χ3n) is 3.47. The second kappa shape index (κ2) is 6.67. The second-order valence-corrected chi connectivity index (χ2v) is 5.73. The van der Waals surface area contributed by atoms with Gasteiger partial charge in [-0.1, -0.05) is 53.6 Å². The van der Waals surface area contributed by atoms with Gasteiger partial charge in [0.15, 0.2) is 5.82 Å². The standard InChI is InChI=1S/C18H16ClN3O/c1-13-6-8-14(9-7-13)12-22-11-10-17(21-22)20-18(23)15-4-2-3-5-16(15)19/h2-11H,12H2,1H3,(H,20,21,23). The maximum absolute atomic E-state index is 12.2. The lowest BCUT2D eigenvalue weighted by molar-refractivity contribution is 0.102. The summed E-state index contributed by atoms with van der Waals surface area (Å²) in [5, 5.41) is 7.54. The van der Waals surface area contributed by atoms with E-state index in [1.807, 2.05) is 6.20 Å². The van der Waals surface area contributed by atoms with E-state index in [1.165, 1.54) is 5.56 Å². The van der Waals surface area contributed by atoms with E-state index in [1.54, 1.807) is 35.0 Å². The normalized spacial score (nSPS) is 10.5. The third kappa shape index (κ3) is 3.79. The van der Waals surface area contributed by atoms with Crippen LogP contribution >= 0.6 is 11.6 Å². The highest BCUT2D eigenvalue weighted by Crippen LogP contribution is 2.16. The average molecular weight is 326 g/mol. The summed E-state index contributed by atoms with van der Waals surface area (Å²) >= 11 is 6.02. The molecule has 0 radical (unpaired) electrons. The predicted molar refractivity (Wildman–Crippen MR) is 91.9 cm³/mol. The molecule has 23 heavy (non-hydrogen) atoms. The van der Waals surface area contributed by atoms with E-state index >= 15 is 0 Å². The van der Waals surface area contributed by atoms with Gasteiger partial charge in [0.25, 0.3) is 5.91 Å².